The molecule has 26 heavy (non-hydrogen) atoms. The fourth-order valence-electron chi connectivity index (χ4n) is 4.31. The molecule has 2 aliphatic heterocycles. The summed E-state index contributed by atoms with van der Waals surface area (Å²) in [6.45, 7) is 4.06. The molecule has 1 spiro atoms. The van der Waals surface area contributed by atoms with Crippen molar-refractivity contribution in [2.75, 3.05) is 19.6 Å². The van der Waals surface area contributed by atoms with Crippen molar-refractivity contribution in [3.05, 3.63) is 53.6 Å². The highest BCUT2D eigenvalue weighted by Crippen LogP contribution is 2.42. The number of carbonyl (C=O) groups excluding carboxylic acids is 1. The number of halogens is 1. The van der Waals surface area contributed by atoms with E-state index in [1.165, 1.54) is 17.7 Å². The molecule has 2 aliphatic rings. The quantitative estimate of drug-likeness (QED) is 0.846. The maximum atomic E-state index is 13.4. The number of nitrogens with zero attached hydrogens (tertiary/aromatic N) is 4. The summed E-state index contributed by atoms with van der Waals surface area (Å²) in [6, 6.07) is 6.55. The highest BCUT2D eigenvalue weighted by Gasteiger charge is 2.47. The summed E-state index contributed by atoms with van der Waals surface area (Å²) in [6.07, 6.45) is 6.69. The third-order valence-corrected chi connectivity index (χ3v) is 5.84. The summed E-state index contributed by atoms with van der Waals surface area (Å²) in [7, 11) is 1.93. The molecule has 1 aromatic heterocycles. The van der Waals surface area contributed by atoms with Gasteiger partial charge in [0.1, 0.15) is 5.82 Å². The van der Waals surface area contributed by atoms with Gasteiger partial charge in [-0.05, 0) is 50.0 Å². The maximum absolute atomic E-state index is 13.4. The van der Waals surface area contributed by atoms with E-state index in [0.717, 1.165) is 51.0 Å². The lowest BCUT2D eigenvalue weighted by atomic mass is 9.77. The van der Waals surface area contributed by atoms with Gasteiger partial charge in [0.05, 0.1) is 11.6 Å². The maximum Gasteiger partial charge on any atom is 0.229 e. The summed E-state index contributed by atoms with van der Waals surface area (Å²) in [4.78, 5) is 17.4. The number of rotatable bonds is 4. The minimum absolute atomic E-state index is 0.210. The summed E-state index contributed by atoms with van der Waals surface area (Å²) >= 11 is 0. The van der Waals surface area contributed by atoms with Crippen molar-refractivity contribution in [3.8, 4) is 0 Å². The van der Waals surface area contributed by atoms with Crippen LogP contribution in [-0.4, -0.2) is 45.1 Å². The van der Waals surface area contributed by atoms with Gasteiger partial charge in [0.15, 0.2) is 0 Å². The zero-order valence-corrected chi connectivity index (χ0v) is 15.2. The molecular weight excluding hydrogens is 331 g/mol. The van der Waals surface area contributed by atoms with Gasteiger partial charge in [-0.15, -0.1) is 0 Å². The molecule has 138 valence electrons. The fourth-order valence-corrected chi connectivity index (χ4v) is 4.31. The van der Waals surface area contributed by atoms with Gasteiger partial charge in [-0.3, -0.25) is 14.4 Å². The molecule has 3 heterocycles. The number of hydrogen-bond acceptors (Lipinski definition) is 3. The second-order valence-electron chi connectivity index (χ2n) is 7.69. The summed E-state index contributed by atoms with van der Waals surface area (Å²) in [5.74, 6) is 0.00959. The average Bonchev–Trinajstić information content (AvgIpc) is 3.16. The molecule has 0 N–H and O–H groups in total. The van der Waals surface area contributed by atoms with Gasteiger partial charge < -0.3 is 4.90 Å². The second-order valence-corrected chi connectivity index (χ2v) is 7.69. The third kappa shape index (κ3) is 3.38. The van der Waals surface area contributed by atoms with E-state index in [1.807, 2.05) is 35.1 Å². The standard InChI is InChI=1S/C20H25FN4O/c1-23-13-17(12-22-23)14-24-8-5-20(6-9-24)7-10-25(19(20)26)15-16-3-2-4-18(21)11-16/h2-4,11-13H,5-10,14-15H2,1H3. The predicted octanol–water partition coefficient (Wildman–Crippen LogP) is 2.57. The first-order valence-electron chi connectivity index (χ1n) is 9.28. The molecule has 0 radical (unpaired) electrons. The van der Waals surface area contributed by atoms with Gasteiger partial charge in [0.25, 0.3) is 0 Å². The lowest BCUT2D eigenvalue weighted by molar-refractivity contribution is -0.138. The number of likely N-dealkylation sites (tertiary alicyclic amines) is 2. The number of hydrogen-bond donors (Lipinski definition) is 0. The molecule has 6 heteroatoms. The van der Waals surface area contributed by atoms with Gasteiger partial charge >= 0.3 is 0 Å². The largest absolute Gasteiger partial charge is 0.338 e. The van der Waals surface area contributed by atoms with E-state index in [2.05, 4.69) is 10.00 Å². The Bertz CT molecular complexity index is 795. The molecule has 2 saturated heterocycles. The molecule has 0 bridgehead atoms. The Morgan fingerprint density at radius 2 is 1.88 bits per heavy atom. The first-order valence-corrected chi connectivity index (χ1v) is 9.28. The van der Waals surface area contributed by atoms with Crippen LogP contribution in [0.5, 0.6) is 0 Å². The van der Waals surface area contributed by atoms with Gasteiger partial charge in [0.2, 0.25) is 5.91 Å². The molecular formula is C20H25FN4O. The van der Waals surface area contributed by atoms with Crippen molar-refractivity contribution in [2.24, 2.45) is 12.5 Å². The number of aromatic nitrogens is 2. The summed E-state index contributed by atoms with van der Waals surface area (Å²) in [5, 5.41) is 4.22. The number of carbonyl (C=O) groups is 1. The highest BCUT2D eigenvalue weighted by molar-refractivity contribution is 5.85. The van der Waals surface area contributed by atoms with Crippen molar-refractivity contribution in [3.63, 3.8) is 0 Å². The molecule has 0 aliphatic carbocycles. The van der Waals surface area contributed by atoms with Crippen LogP contribution in [0.4, 0.5) is 4.39 Å². The molecule has 0 unspecified atom stereocenters. The molecule has 1 aromatic carbocycles. The summed E-state index contributed by atoms with van der Waals surface area (Å²) in [5.41, 5.74) is 1.87. The smallest absolute Gasteiger partial charge is 0.229 e. The minimum Gasteiger partial charge on any atom is -0.338 e. The number of aryl methyl sites for hydroxylation is 1. The van der Waals surface area contributed by atoms with Gasteiger partial charge in [-0.1, -0.05) is 12.1 Å². The van der Waals surface area contributed by atoms with E-state index < -0.39 is 0 Å². The van der Waals surface area contributed by atoms with Crippen LogP contribution >= 0.6 is 0 Å². The zero-order valence-electron chi connectivity index (χ0n) is 15.2. The van der Waals surface area contributed by atoms with E-state index in [1.54, 1.807) is 6.07 Å². The Hall–Kier alpha value is -2.21. The van der Waals surface area contributed by atoms with Gasteiger partial charge in [-0.2, -0.15) is 5.10 Å². The Labute approximate surface area is 153 Å². The molecule has 0 saturated carbocycles. The van der Waals surface area contributed by atoms with Crippen molar-refractivity contribution >= 4 is 5.91 Å². The van der Waals surface area contributed by atoms with Crippen molar-refractivity contribution in [1.29, 1.82) is 0 Å². The first-order chi connectivity index (χ1) is 12.5. The second kappa shape index (κ2) is 6.83. The Balaban J connectivity index is 1.36. The van der Waals surface area contributed by atoms with Crippen LogP contribution in [0, 0.1) is 11.2 Å². The molecule has 2 aromatic rings. The summed E-state index contributed by atoms with van der Waals surface area (Å²) < 4.78 is 15.2. The van der Waals surface area contributed by atoms with E-state index in [-0.39, 0.29) is 17.1 Å². The van der Waals surface area contributed by atoms with E-state index >= 15 is 0 Å². The van der Waals surface area contributed by atoms with Crippen molar-refractivity contribution in [1.82, 2.24) is 19.6 Å². The van der Waals surface area contributed by atoms with Crippen LogP contribution < -0.4 is 0 Å². The van der Waals surface area contributed by atoms with Crippen molar-refractivity contribution in [2.45, 2.75) is 32.4 Å². The first kappa shape index (κ1) is 17.2. The van der Waals surface area contributed by atoms with Gasteiger partial charge in [0, 0.05) is 38.4 Å². The molecule has 5 nitrogen and oxygen atoms in total. The van der Waals surface area contributed by atoms with Crippen LogP contribution in [0.15, 0.2) is 36.7 Å². The van der Waals surface area contributed by atoms with Crippen molar-refractivity contribution < 1.29 is 9.18 Å². The van der Waals surface area contributed by atoms with Crippen LogP contribution in [0.2, 0.25) is 0 Å². The average molecular weight is 356 g/mol. The molecule has 1 amide bonds. The van der Waals surface area contributed by atoms with E-state index in [9.17, 15) is 9.18 Å². The zero-order chi connectivity index (χ0) is 18.1. The monoisotopic (exact) mass is 356 g/mol. The van der Waals surface area contributed by atoms with Crippen LogP contribution in [-0.2, 0) is 24.9 Å². The predicted molar refractivity (Wildman–Crippen MR) is 96.6 cm³/mol. The lowest BCUT2D eigenvalue weighted by Crippen LogP contribution is -2.44. The normalized spacial score (nSPS) is 20.2. The minimum atomic E-state index is -0.243. The number of piperidine rings is 1. The third-order valence-electron chi connectivity index (χ3n) is 5.84. The van der Waals surface area contributed by atoms with Crippen LogP contribution in [0.1, 0.15) is 30.4 Å². The van der Waals surface area contributed by atoms with E-state index in [4.69, 9.17) is 0 Å². The number of amides is 1. The highest BCUT2D eigenvalue weighted by atomic mass is 19.1. The molecule has 4 rings (SSSR count). The molecule has 2 fully saturated rings. The van der Waals surface area contributed by atoms with Gasteiger partial charge in [-0.25, -0.2) is 4.39 Å². The van der Waals surface area contributed by atoms with Crippen LogP contribution in [0.25, 0.3) is 0 Å². The fraction of sp³-hybridized carbons (Fsp3) is 0.500. The Kier molecular flexibility index (Phi) is 4.53. The Morgan fingerprint density at radius 1 is 1.12 bits per heavy atom. The molecule has 0 atom stereocenters. The topological polar surface area (TPSA) is 41.4 Å². The lowest BCUT2D eigenvalue weighted by Gasteiger charge is -2.37. The van der Waals surface area contributed by atoms with E-state index in [0.29, 0.717) is 6.54 Å². The number of benzene rings is 1. The Morgan fingerprint density at radius 3 is 2.58 bits per heavy atom. The van der Waals surface area contributed by atoms with Crippen LogP contribution in [0.3, 0.4) is 0 Å². The SMILES string of the molecule is Cn1cc(CN2CCC3(CC2)CCN(Cc2cccc(F)c2)C3=O)cn1.